The highest BCUT2D eigenvalue weighted by molar-refractivity contribution is 5.82. The highest BCUT2D eigenvalue weighted by atomic mass is 16.3. The molecule has 0 saturated carbocycles. The number of hydrogen-bond donors (Lipinski definition) is 2. The van der Waals surface area contributed by atoms with Gasteiger partial charge in [0.15, 0.2) is 0 Å². The second-order valence-electron chi connectivity index (χ2n) is 6.68. The van der Waals surface area contributed by atoms with Crippen molar-refractivity contribution in [2.45, 2.75) is 32.7 Å². The zero-order valence-corrected chi connectivity index (χ0v) is 13.3. The van der Waals surface area contributed by atoms with Gasteiger partial charge < -0.3 is 15.3 Å². The molecule has 1 saturated heterocycles. The van der Waals surface area contributed by atoms with Gasteiger partial charge in [0.1, 0.15) is 0 Å². The first-order chi connectivity index (χ1) is 9.83. The smallest absolute Gasteiger partial charge is 0.228 e. The molecule has 1 aliphatic rings. The van der Waals surface area contributed by atoms with E-state index in [1.807, 2.05) is 19.2 Å². The highest BCUT2D eigenvalue weighted by Crippen LogP contribution is 2.27. The maximum Gasteiger partial charge on any atom is 0.228 e. The first-order valence-corrected chi connectivity index (χ1v) is 7.36. The van der Waals surface area contributed by atoms with E-state index in [2.05, 4.69) is 28.3 Å². The number of aliphatic hydroxyl groups is 1. The molecule has 2 unspecified atom stereocenters. The van der Waals surface area contributed by atoms with E-state index in [0.717, 1.165) is 24.3 Å². The van der Waals surface area contributed by atoms with Gasteiger partial charge in [-0.15, -0.1) is 0 Å². The van der Waals surface area contributed by atoms with Gasteiger partial charge in [-0.3, -0.25) is 9.78 Å². The first kappa shape index (κ1) is 15.9. The number of aliphatic hydroxyl groups excluding tert-OH is 1. The lowest BCUT2D eigenvalue weighted by Crippen LogP contribution is -2.47. The third-order valence-corrected chi connectivity index (χ3v) is 4.19. The van der Waals surface area contributed by atoms with Crippen molar-refractivity contribution >= 4 is 5.91 Å². The third-order valence-electron chi connectivity index (χ3n) is 4.19. The SMILES string of the molecule is Cc1ccc(C2CN(C)CC2NC(=O)C(C)(C)CO)cn1. The third kappa shape index (κ3) is 3.60. The quantitative estimate of drug-likeness (QED) is 0.866. The highest BCUT2D eigenvalue weighted by Gasteiger charge is 2.36. The molecule has 2 atom stereocenters. The number of aryl methyl sites for hydroxylation is 1. The molecule has 1 fully saturated rings. The van der Waals surface area contributed by atoms with Crippen LogP contribution in [0.15, 0.2) is 18.3 Å². The van der Waals surface area contributed by atoms with Gasteiger partial charge in [0, 0.05) is 36.9 Å². The van der Waals surface area contributed by atoms with Crippen molar-refractivity contribution in [3.05, 3.63) is 29.6 Å². The van der Waals surface area contributed by atoms with E-state index in [0.29, 0.717) is 0 Å². The maximum atomic E-state index is 12.3. The van der Waals surface area contributed by atoms with E-state index in [4.69, 9.17) is 0 Å². The minimum absolute atomic E-state index is 0.0535. The molecule has 116 valence electrons. The summed E-state index contributed by atoms with van der Waals surface area (Å²) in [6.45, 7) is 7.03. The summed E-state index contributed by atoms with van der Waals surface area (Å²) in [5.41, 5.74) is 1.39. The van der Waals surface area contributed by atoms with Crippen molar-refractivity contribution in [2.75, 3.05) is 26.7 Å². The maximum absolute atomic E-state index is 12.3. The lowest BCUT2D eigenvalue weighted by Gasteiger charge is -2.26. The van der Waals surface area contributed by atoms with Gasteiger partial charge in [0.2, 0.25) is 5.91 Å². The van der Waals surface area contributed by atoms with Gasteiger partial charge in [0.05, 0.1) is 12.0 Å². The predicted molar refractivity (Wildman–Crippen MR) is 82.0 cm³/mol. The number of hydrogen-bond acceptors (Lipinski definition) is 4. The topological polar surface area (TPSA) is 65.5 Å². The molecule has 2 rings (SSSR count). The Morgan fingerprint density at radius 3 is 2.76 bits per heavy atom. The van der Waals surface area contributed by atoms with Crippen LogP contribution in [0.25, 0.3) is 0 Å². The normalized spacial score (nSPS) is 23.3. The van der Waals surface area contributed by atoms with Crippen LogP contribution < -0.4 is 5.32 Å². The number of nitrogens with one attached hydrogen (secondary N) is 1. The Morgan fingerprint density at radius 1 is 1.48 bits per heavy atom. The molecule has 1 aromatic rings. The van der Waals surface area contributed by atoms with E-state index in [9.17, 15) is 9.90 Å². The second-order valence-corrected chi connectivity index (χ2v) is 6.68. The van der Waals surface area contributed by atoms with E-state index in [1.54, 1.807) is 13.8 Å². The Hall–Kier alpha value is -1.46. The molecule has 0 aromatic carbocycles. The van der Waals surface area contributed by atoms with Crippen LogP contribution in [0.3, 0.4) is 0 Å². The lowest BCUT2D eigenvalue weighted by molar-refractivity contribution is -0.132. The summed E-state index contributed by atoms with van der Waals surface area (Å²) >= 11 is 0. The summed E-state index contributed by atoms with van der Waals surface area (Å²) in [5.74, 6) is 0.136. The van der Waals surface area contributed by atoms with Crippen LogP contribution in [-0.2, 0) is 4.79 Å². The number of likely N-dealkylation sites (N-methyl/N-ethyl adjacent to an activating group) is 1. The minimum Gasteiger partial charge on any atom is -0.395 e. The molecule has 21 heavy (non-hydrogen) atoms. The van der Waals surface area contributed by atoms with Crippen molar-refractivity contribution in [3.63, 3.8) is 0 Å². The van der Waals surface area contributed by atoms with Crippen molar-refractivity contribution in [1.82, 2.24) is 15.2 Å². The van der Waals surface area contributed by atoms with Crippen molar-refractivity contribution in [2.24, 2.45) is 5.41 Å². The van der Waals surface area contributed by atoms with Gasteiger partial charge in [-0.1, -0.05) is 6.07 Å². The fraction of sp³-hybridized carbons (Fsp3) is 0.625. The molecule has 5 heteroatoms. The van der Waals surface area contributed by atoms with E-state index in [-0.39, 0.29) is 24.5 Å². The number of nitrogens with zero attached hydrogens (tertiary/aromatic N) is 2. The first-order valence-electron chi connectivity index (χ1n) is 7.36. The molecular weight excluding hydrogens is 266 g/mol. The number of amides is 1. The fourth-order valence-corrected chi connectivity index (χ4v) is 2.62. The van der Waals surface area contributed by atoms with Gasteiger partial charge >= 0.3 is 0 Å². The Morgan fingerprint density at radius 2 is 2.19 bits per heavy atom. The number of pyridine rings is 1. The molecule has 0 radical (unpaired) electrons. The zero-order valence-electron chi connectivity index (χ0n) is 13.3. The average molecular weight is 291 g/mol. The molecule has 0 aliphatic carbocycles. The Kier molecular flexibility index (Phi) is 4.64. The number of rotatable bonds is 4. The van der Waals surface area contributed by atoms with Crippen LogP contribution in [0.1, 0.15) is 31.0 Å². The molecule has 1 aliphatic heterocycles. The van der Waals surface area contributed by atoms with Crippen molar-refractivity contribution < 1.29 is 9.90 Å². The van der Waals surface area contributed by atoms with Crippen LogP contribution in [0.5, 0.6) is 0 Å². The fourth-order valence-electron chi connectivity index (χ4n) is 2.62. The van der Waals surface area contributed by atoms with Crippen LogP contribution >= 0.6 is 0 Å². The summed E-state index contributed by atoms with van der Waals surface area (Å²) in [5, 5.41) is 12.4. The zero-order chi connectivity index (χ0) is 15.6. The van der Waals surface area contributed by atoms with Crippen LogP contribution in [0.2, 0.25) is 0 Å². The molecule has 0 spiro atoms. The number of carbonyl (C=O) groups is 1. The molecule has 1 aromatic heterocycles. The van der Waals surface area contributed by atoms with E-state index < -0.39 is 5.41 Å². The monoisotopic (exact) mass is 291 g/mol. The average Bonchev–Trinajstić information content (AvgIpc) is 2.80. The van der Waals surface area contributed by atoms with Crippen LogP contribution in [-0.4, -0.2) is 53.7 Å². The summed E-state index contributed by atoms with van der Waals surface area (Å²) in [6.07, 6.45) is 1.90. The second kappa shape index (κ2) is 6.12. The Bertz CT molecular complexity index is 499. The Labute approximate surface area is 126 Å². The molecule has 2 N–H and O–H groups in total. The van der Waals surface area contributed by atoms with Gasteiger partial charge in [0.25, 0.3) is 0 Å². The minimum atomic E-state index is -0.753. The number of aromatic nitrogens is 1. The molecule has 2 heterocycles. The summed E-state index contributed by atoms with van der Waals surface area (Å²) in [7, 11) is 2.05. The van der Waals surface area contributed by atoms with E-state index >= 15 is 0 Å². The summed E-state index contributed by atoms with van der Waals surface area (Å²) in [4.78, 5) is 18.8. The van der Waals surface area contributed by atoms with Gasteiger partial charge in [-0.05, 0) is 39.4 Å². The van der Waals surface area contributed by atoms with E-state index in [1.165, 1.54) is 0 Å². The number of carbonyl (C=O) groups excluding carboxylic acids is 1. The predicted octanol–water partition coefficient (Wildman–Crippen LogP) is 0.922. The van der Waals surface area contributed by atoms with Gasteiger partial charge in [-0.25, -0.2) is 0 Å². The Balaban J connectivity index is 2.14. The largest absolute Gasteiger partial charge is 0.395 e. The van der Waals surface area contributed by atoms with Crippen LogP contribution in [0, 0.1) is 12.3 Å². The lowest BCUT2D eigenvalue weighted by atomic mass is 9.91. The van der Waals surface area contributed by atoms with Crippen molar-refractivity contribution in [3.8, 4) is 0 Å². The van der Waals surface area contributed by atoms with Crippen LogP contribution in [0.4, 0.5) is 0 Å². The molecule has 5 nitrogen and oxygen atoms in total. The molecular formula is C16H25N3O2. The molecule has 1 amide bonds. The van der Waals surface area contributed by atoms with Crippen molar-refractivity contribution in [1.29, 1.82) is 0 Å². The summed E-state index contributed by atoms with van der Waals surface area (Å²) < 4.78 is 0. The number of likely N-dealkylation sites (tertiary alicyclic amines) is 1. The molecule has 0 bridgehead atoms. The standard InChI is InChI=1S/C16H25N3O2/c1-11-5-6-12(7-17-11)13-8-19(4)9-14(13)18-15(21)16(2,3)10-20/h5-7,13-14,20H,8-10H2,1-4H3,(H,18,21). The summed E-state index contributed by atoms with van der Waals surface area (Å²) in [6, 6.07) is 4.14. The van der Waals surface area contributed by atoms with Gasteiger partial charge in [-0.2, -0.15) is 0 Å².